The van der Waals surface area contributed by atoms with E-state index >= 15 is 0 Å². The molecule has 0 aromatic carbocycles. The fourth-order valence-corrected chi connectivity index (χ4v) is 10.2. The van der Waals surface area contributed by atoms with Crippen molar-refractivity contribution >= 4 is 17.9 Å². The summed E-state index contributed by atoms with van der Waals surface area (Å²) in [6.45, 7) is 6.66. The van der Waals surface area contributed by atoms with Crippen LogP contribution in [0.3, 0.4) is 0 Å². The maximum atomic E-state index is 12.9. The van der Waals surface area contributed by atoms with E-state index in [1.807, 2.05) is 0 Å². The zero-order chi connectivity index (χ0) is 55.0. The molecular formula is C70H130O6. The van der Waals surface area contributed by atoms with Crippen molar-refractivity contribution in [1.29, 1.82) is 0 Å². The van der Waals surface area contributed by atoms with Crippen LogP contribution in [0, 0.1) is 0 Å². The number of carbonyl (C=O) groups is 3. The lowest BCUT2D eigenvalue weighted by Crippen LogP contribution is -2.30. The SMILES string of the molecule is CCCCCCC/C=C\C/C=C\CCCCCCCCCCCCCCCC(=O)OCC(COC(=O)CCCCCCCCCC)OC(=O)CCCCCCCCCCCCCCC/C=C\CCCCCCCCCC. The van der Waals surface area contributed by atoms with Crippen LogP contribution in [-0.4, -0.2) is 37.2 Å². The normalized spacial score (nSPS) is 12.2. The molecule has 0 aromatic rings. The van der Waals surface area contributed by atoms with Gasteiger partial charge in [-0.3, -0.25) is 14.4 Å². The summed E-state index contributed by atoms with van der Waals surface area (Å²) < 4.78 is 16.9. The van der Waals surface area contributed by atoms with Gasteiger partial charge in [0, 0.05) is 19.3 Å². The van der Waals surface area contributed by atoms with E-state index in [9.17, 15) is 14.4 Å². The van der Waals surface area contributed by atoms with Crippen molar-refractivity contribution in [1.82, 2.24) is 0 Å². The number of allylic oxidation sites excluding steroid dienone is 6. The van der Waals surface area contributed by atoms with E-state index in [-0.39, 0.29) is 31.1 Å². The van der Waals surface area contributed by atoms with Crippen LogP contribution in [0.5, 0.6) is 0 Å². The van der Waals surface area contributed by atoms with Gasteiger partial charge in [0.2, 0.25) is 0 Å². The highest BCUT2D eigenvalue weighted by molar-refractivity contribution is 5.71. The molecule has 0 saturated carbocycles. The molecule has 6 heteroatoms. The zero-order valence-corrected chi connectivity index (χ0v) is 51.3. The van der Waals surface area contributed by atoms with Gasteiger partial charge in [-0.05, 0) is 77.0 Å². The van der Waals surface area contributed by atoms with Crippen molar-refractivity contribution in [2.75, 3.05) is 13.2 Å². The van der Waals surface area contributed by atoms with Crippen LogP contribution in [0.25, 0.3) is 0 Å². The summed E-state index contributed by atoms with van der Waals surface area (Å²) in [6.07, 6.45) is 80.4. The van der Waals surface area contributed by atoms with E-state index in [1.165, 1.54) is 270 Å². The number of hydrogen-bond donors (Lipinski definition) is 0. The molecule has 0 saturated heterocycles. The monoisotopic (exact) mass is 1070 g/mol. The summed E-state index contributed by atoms with van der Waals surface area (Å²) in [6, 6.07) is 0. The molecule has 0 spiro atoms. The van der Waals surface area contributed by atoms with E-state index in [2.05, 4.69) is 57.2 Å². The van der Waals surface area contributed by atoms with E-state index < -0.39 is 6.10 Å². The molecule has 6 nitrogen and oxygen atoms in total. The molecule has 0 heterocycles. The first-order valence-electron chi connectivity index (χ1n) is 34.0. The first-order chi connectivity index (χ1) is 37.5. The average Bonchev–Trinajstić information content (AvgIpc) is 3.42. The number of ether oxygens (including phenoxy) is 3. The van der Waals surface area contributed by atoms with Gasteiger partial charge < -0.3 is 14.2 Å². The lowest BCUT2D eigenvalue weighted by Gasteiger charge is -2.18. The third-order valence-electron chi connectivity index (χ3n) is 15.4. The van der Waals surface area contributed by atoms with Gasteiger partial charge in [-0.1, -0.05) is 314 Å². The van der Waals surface area contributed by atoms with E-state index in [1.54, 1.807) is 0 Å². The molecule has 0 N–H and O–H groups in total. The summed E-state index contributed by atoms with van der Waals surface area (Å²) in [5.74, 6) is -0.849. The van der Waals surface area contributed by atoms with Gasteiger partial charge in [0.05, 0.1) is 0 Å². The number of hydrogen-bond acceptors (Lipinski definition) is 6. The Bertz CT molecular complexity index is 1270. The third kappa shape index (κ3) is 62.5. The molecule has 0 bridgehead atoms. The highest BCUT2D eigenvalue weighted by Crippen LogP contribution is 2.18. The Hall–Kier alpha value is -2.37. The van der Waals surface area contributed by atoms with Crippen LogP contribution < -0.4 is 0 Å². The van der Waals surface area contributed by atoms with E-state index in [0.717, 1.165) is 64.2 Å². The predicted octanol–water partition coefficient (Wildman–Crippen LogP) is 23.2. The lowest BCUT2D eigenvalue weighted by atomic mass is 10.0. The summed E-state index contributed by atoms with van der Waals surface area (Å²) in [4.78, 5) is 38.2. The lowest BCUT2D eigenvalue weighted by molar-refractivity contribution is -0.167. The van der Waals surface area contributed by atoms with Gasteiger partial charge >= 0.3 is 17.9 Å². The van der Waals surface area contributed by atoms with Crippen molar-refractivity contribution in [3.05, 3.63) is 36.5 Å². The highest BCUT2D eigenvalue weighted by Gasteiger charge is 2.19. The van der Waals surface area contributed by atoms with Crippen molar-refractivity contribution in [3.63, 3.8) is 0 Å². The van der Waals surface area contributed by atoms with Gasteiger partial charge in [0.1, 0.15) is 13.2 Å². The topological polar surface area (TPSA) is 78.9 Å². The fraction of sp³-hybridized carbons (Fsp3) is 0.871. The molecule has 0 fully saturated rings. The molecule has 1 atom stereocenters. The van der Waals surface area contributed by atoms with Gasteiger partial charge in [0.25, 0.3) is 0 Å². The standard InChI is InChI=1S/C70H130O6/c1-4-7-10-13-16-19-21-23-25-27-29-31-33-35-37-39-41-43-45-47-49-51-54-57-60-63-69(72)75-66-67(65-74-68(71)62-59-56-53-18-15-12-9-6-3)76-70(73)64-61-58-55-52-50-48-46-44-42-40-38-36-34-32-30-28-26-24-22-20-17-14-11-8-5-2/h21,23,27-30,67H,4-20,22,24-26,31-66H2,1-3H3/b23-21-,29-27-,30-28-. The molecule has 0 rings (SSSR count). The van der Waals surface area contributed by atoms with Gasteiger partial charge in [0.15, 0.2) is 6.10 Å². The molecule has 0 aliphatic heterocycles. The molecule has 0 aliphatic carbocycles. The highest BCUT2D eigenvalue weighted by atomic mass is 16.6. The maximum Gasteiger partial charge on any atom is 0.306 e. The van der Waals surface area contributed by atoms with Crippen LogP contribution in [0.15, 0.2) is 36.5 Å². The quantitative estimate of drug-likeness (QED) is 0.0261. The van der Waals surface area contributed by atoms with Crippen molar-refractivity contribution in [2.24, 2.45) is 0 Å². The fourth-order valence-electron chi connectivity index (χ4n) is 10.2. The van der Waals surface area contributed by atoms with E-state index in [4.69, 9.17) is 14.2 Å². The van der Waals surface area contributed by atoms with Crippen LogP contribution in [0.4, 0.5) is 0 Å². The first kappa shape index (κ1) is 73.6. The second-order valence-corrected chi connectivity index (χ2v) is 23.1. The van der Waals surface area contributed by atoms with Crippen LogP contribution >= 0.6 is 0 Å². The van der Waals surface area contributed by atoms with Crippen LogP contribution in [-0.2, 0) is 28.6 Å². The summed E-state index contributed by atoms with van der Waals surface area (Å²) in [5, 5.41) is 0. The van der Waals surface area contributed by atoms with Crippen molar-refractivity contribution in [2.45, 2.75) is 380 Å². The molecule has 446 valence electrons. The largest absolute Gasteiger partial charge is 0.462 e. The van der Waals surface area contributed by atoms with Crippen LogP contribution in [0.1, 0.15) is 374 Å². The van der Waals surface area contributed by atoms with Crippen molar-refractivity contribution in [3.8, 4) is 0 Å². The molecule has 0 radical (unpaired) electrons. The maximum absolute atomic E-state index is 12.9. The Morgan fingerprint density at radius 3 is 0.737 bits per heavy atom. The smallest absolute Gasteiger partial charge is 0.306 e. The van der Waals surface area contributed by atoms with Gasteiger partial charge in [-0.15, -0.1) is 0 Å². The minimum Gasteiger partial charge on any atom is -0.462 e. The molecule has 0 aromatic heterocycles. The first-order valence-corrected chi connectivity index (χ1v) is 34.0. The average molecular weight is 1070 g/mol. The molecule has 0 amide bonds. The minimum atomic E-state index is -0.769. The van der Waals surface area contributed by atoms with Gasteiger partial charge in [-0.2, -0.15) is 0 Å². The Balaban J connectivity index is 4.10. The zero-order valence-electron chi connectivity index (χ0n) is 51.3. The molecule has 76 heavy (non-hydrogen) atoms. The summed E-state index contributed by atoms with van der Waals surface area (Å²) in [7, 11) is 0. The number of rotatable bonds is 63. The number of unbranched alkanes of at least 4 members (excludes halogenated alkanes) is 46. The van der Waals surface area contributed by atoms with E-state index in [0.29, 0.717) is 19.3 Å². The molecule has 1 unspecified atom stereocenters. The minimum absolute atomic E-state index is 0.0679. The Labute approximate surface area is 474 Å². The Kier molecular flexibility index (Phi) is 63.1. The number of esters is 3. The second-order valence-electron chi connectivity index (χ2n) is 23.1. The predicted molar refractivity (Wildman–Crippen MR) is 330 cm³/mol. The third-order valence-corrected chi connectivity index (χ3v) is 15.4. The van der Waals surface area contributed by atoms with Crippen LogP contribution in [0.2, 0.25) is 0 Å². The van der Waals surface area contributed by atoms with Crippen molar-refractivity contribution < 1.29 is 28.6 Å². The Morgan fingerprint density at radius 2 is 0.474 bits per heavy atom. The molecule has 0 aliphatic rings. The second kappa shape index (κ2) is 65.2. The van der Waals surface area contributed by atoms with Gasteiger partial charge in [-0.25, -0.2) is 0 Å². The summed E-state index contributed by atoms with van der Waals surface area (Å²) in [5.41, 5.74) is 0. The number of carbonyl (C=O) groups excluding carboxylic acids is 3. The summed E-state index contributed by atoms with van der Waals surface area (Å²) >= 11 is 0. The Morgan fingerprint density at radius 1 is 0.263 bits per heavy atom. The molecular weight excluding hydrogens is 937 g/mol.